The summed E-state index contributed by atoms with van der Waals surface area (Å²) >= 11 is 0. The third-order valence-electron chi connectivity index (χ3n) is 3.02. The van der Waals surface area contributed by atoms with Gasteiger partial charge in [-0.05, 0) is 37.6 Å². The van der Waals surface area contributed by atoms with Gasteiger partial charge in [0, 0.05) is 13.1 Å². The number of hydrogen-bond acceptors (Lipinski definition) is 2. The minimum Gasteiger partial charge on any atom is -0.337 e. The van der Waals surface area contributed by atoms with Crippen LogP contribution in [0.5, 0.6) is 0 Å². The van der Waals surface area contributed by atoms with Gasteiger partial charge < -0.3 is 10.2 Å². The van der Waals surface area contributed by atoms with Gasteiger partial charge in [0.1, 0.15) is 5.82 Å². The van der Waals surface area contributed by atoms with E-state index >= 15 is 0 Å². The van der Waals surface area contributed by atoms with Crippen LogP contribution in [0.2, 0.25) is 0 Å². The Bertz CT molecular complexity index is 391. The molecule has 17 heavy (non-hydrogen) atoms. The van der Waals surface area contributed by atoms with Crippen LogP contribution in [0.15, 0.2) is 24.3 Å². The number of carbonyl (C=O) groups is 1. The SMILES string of the molecule is CC1NCCCN(Cc2ccc(F)cc2)C1=O. The molecule has 3 nitrogen and oxygen atoms in total. The standard InChI is InChI=1S/C13H17FN2O/c1-10-13(17)16(8-2-7-15-10)9-11-3-5-12(14)6-4-11/h3-6,10,15H,2,7-9H2,1H3. The Hall–Kier alpha value is -1.42. The molecule has 1 aliphatic rings. The number of hydrogen-bond donors (Lipinski definition) is 1. The minimum atomic E-state index is -0.244. The summed E-state index contributed by atoms with van der Waals surface area (Å²) in [6, 6.07) is 6.19. The first kappa shape index (κ1) is 12.0. The summed E-state index contributed by atoms with van der Waals surface area (Å²) < 4.78 is 12.8. The van der Waals surface area contributed by atoms with Gasteiger partial charge in [0.15, 0.2) is 0 Å². The normalized spacial score (nSPS) is 21.4. The van der Waals surface area contributed by atoms with E-state index in [1.54, 1.807) is 12.1 Å². The van der Waals surface area contributed by atoms with E-state index in [4.69, 9.17) is 0 Å². The summed E-state index contributed by atoms with van der Waals surface area (Å²) in [5, 5.41) is 3.17. The highest BCUT2D eigenvalue weighted by atomic mass is 19.1. The predicted octanol–water partition coefficient (Wildman–Crippen LogP) is 1.54. The average molecular weight is 236 g/mol. The summed E-state index contributed by atoms with van der Waals surface area (Å²) in [4.78, 5) is 13.8. The minimum absolute atomic E-state index is 0.117. The lowest BCUT2D eigenvalue weighted by Crippen LogP contribution is -2.41. The highest BCUT2D eigenvalue weighted by Crippen LogP contribution is 2.10. The first-order chi connectivity index (χ1) is 8.16. The van der Waals surface area contributed by atoms with Gasteiger partial charge in [-0.15, -0.1) is 0 Å². The molecule has 1 heterocycles. The van der Waals surface area contributed by atoms with Gasteiger partial charge in [0.05, 0.1) is 6.04 Å². The van der Waals surface area contributed by atoms with Gasteiger partial charge in [-0.3, -0.25) is 4.79 Å². The predicted molar refractivity (Wildman–Crippen MR) is 63.9 cm³/mol. The molecule has 1 amide bonds. The van der Waals surface area contributed by atoms with Gasteiger partial charge in [-0.2, -0.15) is 0 Å². The lowest BCUT2D eigenvalue weighted by atomic mass is 10.2. The molecular formula is C13H17FN2O. The zero-order valence-corrected chi connectivity index (χ0v) is 9.95. The molecular weight excluding hydrogens is 219 g/mol. The van der Waals surface area contributed by atoms with Gasteiger partial charge in [-0.1, -0.05) is 12.1 Å². The second-order valence-electron chi connectivity index (χ2n) is 4.42. The summed E-state index contributed by atoms with van der Waals surface area (Å²) in [6.45, 7) is 4.07. The smallest absolute Gasteiger partial charge is 0.239 e. The first-order valence-electron chi connectivity index (χ1n) is 5.93. The molecule has 1 fully saturated rings. The van der Waals surface area contributed by atoms with Crippen molar-refractivity contribution in [2.24, 2.45) is 0 Å². The van der Waals surface area contributed by atoms with E-state index in [0.29, 0.717) is 6.54 Å². The number of amides is 1. The van der Waals surface area contributed by atoms with Gasteiger partial charge in [0.25, 0.3) is 0 Å². The molecule has 1 atom stereocenters. The van der Waals surface area contributed by atoms with Crippen molar-refractivity contribution in [3.63, 3.8) is 0 Å². The molecule has 92 valence electrons. The number of carbonyl (C=O) groups excluding carboxylic acids is 1. The fraction of sp³-hybridized carbons (Fsp3) is 0.462. The number of halogens is 1. The van der Waals surface area contributed by atoms with Crippen molar-refractivity contribution in [1.29, 1.82) is 0 Å². The van der Waals surface area contributed by atoms with Crippen LogP contribution >= 0.6 is 0 Å². The number of nitrogens with zero attached hydrogens (tertiary/aromatic N) is 1. The van der Waals surface area contributed by atoms with Crippen LogP contribution in [0.3, 0.4) is 0 Å². The van der Waals surface area contributed by atoms with Crippen molar-refractivity contribution in [2.75, 3.05) is 13.1 Å². The van der Waals surface area contributed by atoms with E-state index in [2.05, 4.69) is 5.32 Å². The second-order valence-corrected chi connectivity index (χ2v) is 4.42. The van der Waals surface area contributed by atoms with Crippen molar-refractivity contribution in [3.8, 4) is 0 Å². The largest absolute Gasteiger partial charge is 0.337 e. The van der Waals surface area contributed by atoms with Crippen molar-refractivity contribution < 1.29 is 9.18 Å². The third kappa shape index (κ3) is 3.03. The van der Waals surface area contributed by atoms with E-state index < -0.39 is 0 Å². The molecule has 2 rings (SSSR count). The summed E-state index contributed by atoms with van der Waals surface area (Å²) in [6.07, 6.45) is 0.956. The van der Waals surface area contributed by atoms with Crippen LogP contribution in [-0.2, 0) is 11.3 Å². The van der Waals surface area contributed by atoms with E-state index in [9.17, 15) is 9.18 Å². The van der Waals surface area contributed by atoms with Crippen LogP contribution in [-0.4, -0.2) is 29.9 Å². The topological polar surface area (TPSA) is 32.3 Å². The molecule has 1 unspecified atom stereocenters. The Morgan fingerprint density at radius 2 is 2.12 bits per heavy atom. The molecule has 1 aromatic carbocycles. The Morgan fingerprint density at radius 3 is 2.82 bits per heavy atom. The second kappa shape index (κ2) is 5.27. The molecule has 1 aliphatic heterocycles. The van der Waals surface area contributed by atoms with Crippen LogP contribution in [0.25, 0.3) is 0 Å². The lowest BCUT2D eigenvalue weighted by molar-refractivity contribution is -0.132. The highest BCUT2D eigenvalue weighted by Gasteiger charge is 2.22. The maximum absolute atomic E-state index is 12.8. The molecule has 0 saturated carbocycles. The molecule has 1 N–H and O–H groups in total. The lowest BCUT2D eigenvalue weighted by Gasteiger charge is -2.22. The van der Waals surface area contributed by atoms with Crippen LogP contribution < -0.4 is 5.32 Å². The maximum atomic E-state index is 12.8. The van der Waals surface area contributed by atoms with Crippen molar-refractivity contribution in [3.05, 3.63) is 35.6 Å². The summed E-state index contributed by atoms with van der Waals surface area (Å²) in [5.41, 5.74) is 0.967. The highest BCUT2D eigenvalue weighted by molar-refractivity contribution is 5.81. The number of benzene rings is 1. The summed E-state index contributed by atoms with van der Waals surface area (Å²) in [5.74, 6) is -0.127. The molecule has 1 saturated heterocycles. The monoisotopic (exact) mass is 236 g/mol. The van der Waals surface area contributed by atoms with Crippen LogP contribution in [0.4, 0.5) is 4.39 Å². The van der Waals surface area contributed by atoms with Crippen LogP contribution in [0.1, 0.15) is 18.9 Å². The van der Waals surface area contributed by atoms with Crippen LogP contribution in [0, 0.1) is 5.82 Å². The Labute approximate surface area is 101 Å². The van der Waals surface area contributed by atoms with Crippen molar-refractivity contribution in [2.45, 2.75) is 25.9 Å². The van der Waals surface area contributed by atoms with Crippen molar-refractivity contribution >= 4 is 5.91 Å². The van der Waals surface area contributed by atoms with E-state index in [1.165, 1.54) is 12.1 Å². The van der Waals surface area contributed by atoms with Gasteiger partial charge >= 0.3 is 0 Å². The molecule has 0 aromatic heterocycles. The average Bonchev–Trinajstić information content (AvgIpc) is 2.48. The van der Waals surface area contributed by atoms with Gasteiger partial charge in [-0.25, -0.2) is 4.39 Å². The molecule has 4 heteroatoms. The maximum Gasteiger partial charge on any atom is 0.239 e. The Kier molecular flexibility index (Phi) is 3.74. The zero-order chi connectivity index (χ0) is 12.3. The van der Waals surface area contributed by atoms with Crippen molar-refractivity contribution in [1.82, 2.24) is 10.2 Å². The number of nitrogens with one attached hydrogen (secondary N) is 1. The number of rotatable bonds is 2. The fourth-order valence-electron chi connectivity index (χ4n) is 2.03. The molecule has 1 aromatic rings. The Morgan fingerprint density at radius 1 is 1.41 bits per heavy atom. The fourth-order valence-corrected chi connectivity index (χ4v) is 2.03. The van der Waals surface area contributed by atoms with E-state index in [-0.39, 0.29) is 17.8 Å². The van der Waals surface area contributed by atoms with E-state index in [0.717, 1.165) is 25.1 Å². The van der Waals surface area contributed by atoms with Gasteiger partial charge in [0.2, 0.25) is 5.91 Å². The third-order valence-corrected chi connectivity index (χ3v) is 3.02. The Balaban J connectivity index is 2.06. The summed E-state index contributed by atoms with van der Waals surface area (Å²) in [7, 11) is 0. The van der Waals surface area contributed by atoms with E-state index in [1.807, 2.05) is 11.8 Å². The quantitative estimate of drug-likeness (QED) is 0.844. The first-order valence-corrected chi connectivity index (χ1v) is 5.93. The molecule has 0 bridgehead atoms. The molecule has 0 radical (unpaired) electrons. The zero-order valence-electron chi connectivity index (χ0n) is 9.95. The molecule has 0 spiro atoms. The molecule has 0 aliphatic carbocycles.